The van der Waals surface area contributed by atoms with Crippen molar-refractivity contribution < 1.29 is 14.6 Å². The summed E-state index contributed by atoms with van der Waals surface area (Å²) in [6, 6.07) is 5.33. The van der Waals surface area contributed by atoms with Crippen molar-refractivity contribution in [2.24, 2.45) is 5.73 Å². The quantitative estimate of drug-likeness (QED) is 0.769. The van der Waals surface area contributed by atoms with Gasteiger partial charge in [0.25, 0.3) is 0 Å². The van der Waals surface area contributed by atoms with Crippen LogP contribution in [0.4, 0.5) is 0 Å². The highest BCUT2D eigenvalue weighted by atomic mass is 16.5. The van der Waals surface area contributed by atoms with Crippen molar-refractivity contribution in [3.63, 3.8) is 0 Å². The third-order valence-corrected chi connectivity index (χ3v) is 2.26. The fraction of sp³-hybridized carbons (Fsp3) is 0.500. The number of aliphatic hydroxyl groups is 1. The first kappa shape index (κ1) is 12.8. The Balaban J connectivity index is 2.91. The van der Waals surface area contributed by atoms with Crippen molar-refractivity contribution in [3.05, 3.63) is 23.8 Å². The van der Waals surface area contributed by atoms with Gasteiger partial charge < -0.3 is 20.3 Å². The minimum Gasteiger partial charge on any atom is -0.493 e. The van der Waals surface area contributed by atoms with Gasteiger partial charge >= 0.3 is 0 Å². The van der Waals surface area contributed by atoms with Gasteiger partial charge in [0.05, 0.1) is 19.8 Å². The van der Waals surface area contributed by atoms with Crippen LogP contribution in [0.15, 0.2) is 18.2 Å². The summed E-state index contributed by atoms with van der Waals surface area (Å²) >= 11 is 0. The molecule has 0 saturated carbocycles. The van der Waals surface area contributed by atoms with E-state index in [2.05, 4.69) is 0 Å². The average molecular weight is 225 g/mol. The Morgan fingerprint density at radius 1 is 1.38 bits per heavy atom. The zero-order chi connectivity index (χ0) is 12.0. The zero-order valence-electron chi connectivity index (χ0n) is 9.77. The van der Waals surface area contributed by atoms with Gasteiger partial charge in [0.2, 0.25) is 0 Å². The molecule has 4 nitrogen and oxygen atoms in total. The summed E-state index contributed by atoms with van der Waals surface area (Å²) in [5.41, 5.74) is 6.15. The molecule has 0 saturated heterocycles. The summed E-state index contributed by atoms with van der Waals surface area (Å²) in [6.45, 7) is 2.85. The van der Waals surface area contributed by atoms with Gasteiger partial charge in [-0.2, -0.15) is 0 Å². The molecule has 1 unspecified atom stereocenters. The highest BCUT2D eigenvalue weighted by molar-refractivity contribution is 5.43. The van der Waals surface area contributed by atoms with Crippen LogP contribution in [0.2, 0.25) is 0 Å². The number of hydrogen-bond acceptors (Lipinski definition) is 4. The van der Waals surface area contributed by atoms with Crippen molar-refractivity contribution in [1.29, 1.82) is 0 Å². The number of aliphatic hydroxyl groups excluding tert-OH is 1. The van der Waals surface area contributed by atoms with E-state index in [0.717, 1.165) is 12.0 Å². The van der Waals surface area contributed by atoms with Gasteiger partial charge in [0.15, 0.2) is 11.5 Å². The molecule has 16 heavy (non-hydrogen) atoms. The fourth-order valence-corrected chi connectivity index (χ4v) is 1.36. The highest BCUT2D eigenvalue weighted by Gasteiger charge is 2.10. The smallest absolute Gasteiger partial charge is 0.161 e. The Bertz CT molecular complexity index is 328. The zero-order valence-corrected chi connectivity index (χ0v) is 9.77. The summed E-state index contributed by atoms with van der Waals surface area (Å²) in [5.74, 6) is 1.32. The van der Waals surface area contributed by atoms with E-state index in [0.29, 0.717) is 18.1 Å². The Labute approximate surface area is 96.0 Å². The number of methoxy groups -OCH3 is 1. The molecule has 90 valence electrons. The number of nitrogens with two attached hydrogens (primary N) is 1. The van der Waals surface area contributed by atoms with Crippen LogP contribution < -0.4 is 15.2 Å². The Morgan fingerprint density at radius 3 is 2.69 bits per heavy atom. The van der Waals surface area contributed by atoms with E-state index in [1.807, 2.05) is 6.92 Å². The van der Waals surface area contributed by atoms with E-state index in [9.17, 15) is 5.11 Å². The first-order valence-electron chi connectivity index (χ1n) is 5.41. The number of benzene rings is 1. The molecule has 1 rings (SSSR count). The van der Waals surface area contributed by atoms with Crippen LogP contribution in [0, 0.1) is 0 Å². The molecule has 1 aromatic rings. The molecule has 0 amide bonds. The molecule has 1 atom stereocenters. The summed E-state index contributed by atoms with van der Waals surface area (Å²) in [6.07, 6.45) is 0.266. The van der Waals surface area contributed by atoms with Crippen LogP contribution in [0.3, 0.4) is 0 Å². The lowest BCUT2D eigenvalue weighted by Gasteiger charge is -2.14. The molecule has 0 aliphatic carbocycles. The van der Waals surface area contributed by atoms with Crippen LogP contribution in [0.25, 0.3) is 0 Å². The maximum atomic E-state index is 9.62. The Morgan fingerprint density at radius 2 is 2.12 bits per heavy atom. The molecule has 1 aromatic carbocycles. The Hall–Kier alpha value is -1.26. The molecular weight excluding hydrogens is 206 g/mol. The summed E-state index contributed by atoms with van der Waals surface area (Å²) in [7, 11) is 1.59. The summed E-state index contributed by atoms with van der Waals surface area (Å²) < 4.78 is 10.7. The monoisotopic (exact) mass is 225 g/mol. The van der Waals surface area contributed by atoms with Gasteiger partial charge in [0, 0.05) is 6.54 Å². The van der Waals surface area contributed by atoms with E-state index in [-0.39, 0.29) is 6.54 Å². The lowest BCUT2D eigenvalue weighted by Crippen LogP contribution is -2.11. The molecule has 0 radical (unpaired) electrons. The largest absolute Gasteiger partial charge is 0.493 e. The maximum Gasteiger partial charge on any atom is 0.161 e. The van der Waals surface area contributed by atoms with Gasteiger partial charge in [-0.15, -0.1) is 0 Å². The van der Waals surface area contributed by atoms with Crippen LogP contribution in [0.1, 0.15) is 25.0 Å². The average Bonchev–Trinajstić information content (AvgIpc) is 2.34. The van der Waals surface area contributed by atoms with Gasteiger partial charge in [-0.25, -0.2) is 0 Å². The van der Waals surface area contributed by atoms with E-state index in [4.69, 9.17) is 15.2 Å². The molecular formula is C12H19NO3. The second kappa shape index (κ2) is 6.35. The molecule has 0 aliphatic rings. The third-order valence-electron chi connectivity index (χ3n) is 2.26. The predicted octanol–water partition coefficient (Wildman–Crippen LogP) is 1.48. The molecule has 3 N–H and O–H groups in total. The topological polar surface area (TPSA) is 64.7 Å². The van der Waals surface area contributed by atoms with Crippen LogP contribution in [0.5, 0.6) is 11.5 Å². The fourth-order valence-electron chi connectivity index (χ4n) is 1.36. The Kier molecular flexibility index (Phi) is 5.08. The lowest BCUT2D eigenvalue weighted by atomic mass is 10.1. The normalized spacial score (nSPS) is 12.2. The van der Waals surface area contributed by atoms with E-state index in [1.54, 1.807) is 25.3 Å². The molecule has 0 heterocycles. The van der Waals surface area contributed by atoms with E-state index >= 15 is 0 Å². The minimum absolute atomic E-state index is 0.194. The molecule has 0 bridgehead atoms. The second-order valence-electron chi connectivity index (χ2n) is 3.51. The van der Waals surface area contributed by atoms with Crippen LogP contribution >= 0.6 is 0 Å². The van der Waals surface area contributed by atoms with Gasteiger partial charge in [-0.1, -0.05) is 13.0 Å². The lowest BCUT2D eigenvalue weighted by molar-refractivity contribution is 0.185. The van der Waals surface area contributed by atoms with Gasteiger partial charge in [-0.3, -0.25) is 0 Å². The van der Waals surface area contributed by atoms with Crippen LogP contribution in [-0.2, 0) is 0 Å². The summed E-state index contributed by atoms with van der Waals surface area (Å²) in [5, 5.41) is 9.62. The second-order valence-corrected chi connectivity index (χ2v) is 3.51. The minimum atomic E-state index is -0.658. The molecule has 0 aromatic heterocycles. The highest BCUT2D eigenvalue weighted by Crippen LogP contribution is 2.30. The van der Waals surface area contributed by atoms with Crippen LogP contribution in [-0.4, -0.2) is 25.4 Å². The SMILES string of the molecule is CCCOc1cc(C(O)CN)ccc1OC. The molecule has 0 fully saturated rings. The number of rotatable bonds is 6. The number of ether oxygens (including phenoxy) is 2. The molecule has 0 aliphatic heterocycles. The van der Waals surface area contributed by atoms with Crippen molar-refractivity contribution in [2.45, 2.75) is 19.4 Å². The molecule has 4 heteroatoms. The van der Waals surface area contributed by atoms with E-state index < -0.39 is 6.10 Å². The van der Waals surface area contributed by atoms with Crippen molar-refractivity contribution in [2.75, 3.05) is 20.3 Å². The number of hydrogen-bond donors (Lipinski definition) is 2. The predicted molar refractivity (Wildman–Crippen MR) is 62.8 cm³/mol. The first-order valence-corrected chi connectivity index (χ1v) is 5.41. The van der Waals surface area contributed by atoms with E-state index in [1.165, 1.54) is 0 Å². The standard InChI is InChI=1S/C12H19NO3/c1-3-6-16-12-7-9(10(14)8-13)4-5-11(12)15-2/h4-5,7,10,14H,3,6,8,13H2,1-2H3. The third kappa shape index (κ3) is 3.12. The van der Waals surface area contributed by atoms with Gasteiger partial charge in [0.1, 0.15) is 0 Å². The van der Waals surface area contributed by atoms with Gasteiger partial charge in [-0.05, 0) is 24.1 Å². The molecule has 0 spiro atoms. The van der Waals surface area contributed by atoms with Crippen molar-refractivity contribution >= 4 is 0 Å². The maximum absolute atomic E-state index is 9.62. The van der Waals surface area contributed by atoms with Crippen molar-refractivity contribution in [3.8, 4) is 11.5 Å². The first-order chi connectivity index (χ1) is 7.72. The van der Waals surface area contributed by atoms with Crippen molar-refractivity contribution in [1.82, 2.24) is 0 Å². The summed E-state index contributed by atoms with van der Waals surface area (Å²) in [4.78, 5) is 0.